The van der Waals surface area contributed by atoms with E-state index in [0.717, 1.165) is 110 Å². The van der Waals surface area contributed by atoms with Crippen LogP contribution in [0.5, 0.6) is 0 Å². The van der Waals surface area contributed by atoms with Crippen LogP contribution in [0.3, 0.4) is 0 Å². The van der Waals surface area contributed by atoms with Gasteiger partial charge in [-0.05, 0) is 75.8 Å². The topological polar surface area (TPSA) is 194 Å². The van der Waals surface area contributed by atoms with Gasteiger partial charge in [-0.1, -0.05) is 81.2 Å². The molecule has 5 aliphatic rings. The quantitative estimate of drug-likeness (QED) is 0.136. The van der Waals surface area contributed by atoms with E-state index in [1.807, 2.05) is 32.9 Å². The number of aromatic carboxylic acids is 2. The van der Waals surface area contributed by atoms with Gasteiger partial charge in [-0.25, -0.2) is 14.4 Å². The number of amides is 1. The number of alkyl halides is 1. The fraction of sp³-hybridized carbons (Fsp3) is 0.706. The number of carboxylic acids is 2. The molecule has 1 amide bonds. The van der Waals surface area contributed by atoms with Crippen LogP contribution in [0.2, 0.25) is 6.82 Å². The number of halogens is 1. The molecular formula is C51H94BBrN10O7. The maximum absolute atomic E-state index is 11.5. The third-order valence-electron chi connectivity index (χ3n) is 10.9. The minimum atomic E-state index is -0.883. The van der Waals surface area contributed by atoms with Gasteiger partial charge in [0.05, 0.1) is 11.1 Å². The van der Waals surface area contributed by atoms with Crippen molar-refractivity contribution in [1.82, 2.24) is 51.1 Å². The molecule has 0 bridgehead atoms. The Morgan fingerprint density at radius 1 is 0.543 bits per heavy atom. The summed E-state index contributed by atoms with van der Waals surface area (Å²) in [5.74, 6) is -1.75. The van der Waals surface area contributed by atoms with Gasteiger partial charge in [0.15, 0.2) is 0 Å². The summed E-state index contributed by atoms with van der Waals surface area (Å²) in [6, 6.07) is 14.0. The molecule has 5 fully saturated rings. The summed E-state index contributed by atoms with van der Waals surface area (Å²) < 4.78 is 14.0. The molecule has 5 heterocycles. The van der Waals surface area contributed by atoms with Gasteiger partial charge in [0.25, 0.3) is 0 Å². The summed E-state index contributed by atoms with van der Waals surface area (Å²) >= 11 is 3.27. The molecule has 0 spiro atoms. The van der Waals surface area contributed by atoms with Gasteiger partial charge in [-0.3, -0.25) is 4.90 Å². The van der Waals surface area contributed by atoms with E-state index in [9.17, 15) is 14.4 Å². The van der Waals surface area contributed by atoms with Crippen LogP contribution in [-0.2, 0) is 21.3 Å². The van der Waals surface area contributed by atoms with Crippen LogP contribution in [0.15, 0.2) is 48.5 Å². The van der Waals surface area contributed by atoms with Crippen LogP contribution in [0.25, 0.3) is 0 Å². The van der Waals surface area contributed by atoms with Gasteiger partial charge < -0.3 is 61.1 Å². The first-order valence-electron chi connectivity index (χ1n) is 25.6. The van der Waals surface area contributed by atoms with Crippen molar-refractivity contribution < 1.29 is 34.0 Å². The number of nitrogens with zero attached hydrogens (tertiary/aromatic N) is 5. The average molecular weight is 1050 g/mol. The van der Waals surface area contributed by atoms with Crippen molar-refractivity contribution in [3.8, 4) is 0 Å². The molecule has 0 unspecified atom stereocenters. The Morgan fingerprint density at radius 2 is 0.843 bits per heavy atom. The largest absolute Gasteiger partial charge is 0.478 e. The van der Waals surface area contributed by atoms with Crippen LogP contribution < -0.4 is 26.6 Å². The standard InChI is InChI=1S/C14H20N2O2.C9H18N2O2.C8H7BrO2.2C6H14N2.C4H10N2.C3H8.CH3BO/c1-2-15-7-9-16(10-8-15)11-12-3-5-13(6-4-12)14(17)18;1-9(2,3)13-8(12)11-6-4-10-5-7-11;9-5-6-1-3-7(4-2-6)8(10)11;2*1-2-8-5-3-7-4-6-8;1-2-6-4-3-5-1;1-3-2;1-2-3/h3-6H,2,7-11H2,1H3,(H,17,18);10H,4-7H2,1-3H3;1-4H,5H2,(H,10,11);2*7H,2-6H2,1H3;5-6H,1-4H2;3H2,1-2H3;1H3. The molecule has 0 saturated carbocycles. The van der Waals surface area contributed by atoms with E-state index in [0.29, 0.717) is 11.1 Å². The molecule has 400 valence electrons. The third kappa shape index (κ3) is 35.7. The minimum Gasteiger partial charge on any atom is -0.478 e. The molecule has 0 aliphatic carbocycles. The number of nitrogens with one attached hydrogen (secondary N) is 5. The number of hydrogen-bond acceptors (Lipinski definition) is 14. The molecule has 2 aromatic rings. The number of hydrogen-bond donors (Lipinski definition) is 7. The zero-order valence-electron chi connectivity index (χ0n) is 44.6. The van der Waals surface area contributed by atoms with Crippen molar-refractivity contribution in [2.75, 3.05) is 151 Å². The monoisotopic (exact) mass is 1050 g/mol. The second kappa shape index (κ2) is 43.2. The number of carbonyl (C=O) groups excluding carboxylic acids is 1. The van der Waals surface area contributed by atoms with Crippen molar-refractivity contribution in [2.24, 2.45) is 0 Å². The molecule has 7 rings (SSSR count). The Balaban J connectivity index is 0.000000822. The molecule has 5 saturated heterocycles. The maximum atomic E-state index is 11.5. The van der Waals surface area contributed by atoms with Gasteiger partial charge in [-0.2, -0.15) is 0 Å². The van der Waals surface area contributed by atoms with Crippen LogP contribution in [0.1, 0.15) is 93.7 Å². The number of rotatable bonds is 8. The van der Waals surface area contributed by atoms with E-state index < -0.39 is 11.9 Å². The number of carbonyl (C=O) groups is 3. The summed E-state index contributed by atoms with van der Waals surface area (Å²) in [6.45, 7) is 44.3. The predicted molar refractivity (Wildman–Crippen MR) is 291 cm³/mol. The van der Waals surface area contributed by atoms with Crippen molar-refractivity contribution in [2.45, 2.75) is 86.1 Å². The van der Waals surface area contributed by atoms with Crippen LogP contribution in [0.4, 0.5) is 4.79 Å². The van der Waals surface area contributed by atoms with Crippen LogP contribution in [-0.4, -0.2) is 216 Å². The van der Waals surface area contributed by atoms with Crippen LogP contribution >= 0.6 is 15.9 Å². The molecule has 19 heteroatoms. The van der Waals surface area contributed by atoms with E-state index in [-0.39, 0.29) is 11.7 Å². The van der Waals surface area contributed by atoms with Gasteiger partial charge in [0, 0.05) is 143 Å². The number of ether oxygens (including phenoxy) is 1. The second-order valence-electron chi connectivity index (χ2n) is 17.9. The van der Waals surface area contributed by atoms with E-state index in [1.54, 1.807) is 41.3 Å². The van der Waals surface area contributed by atoms with Gasteiger partial charge in [0.2, 0.25) is 0 Å². The van der Waals surface area contributed by atoms with Crippen molar-refractivity contribution in [3.05, 3.63) is 70.8 Å². The molecule has 5 aliphatic heterocycles. The first-order chi connectivity index (χ1) is 33.6. The maximum Gasteiger partial charge on any atom is 0.410 e. The number of benzene rings is 2. The summed E-state index contributed by atoms with van der Waals surface area (Å²) in [5, 5.41) is 34.4. The Morgan fingerprint density at radius 3 is 1.13 bits per heavy atom. The minimum absolute atomic E-state index is 0.200. The first-order valence-corrected chi connectivity index (χ1v) is 26.7. The second-order valence-corrected chi connectivity index (χ2v) is 18.4. The zero-order valence-corrected chi connectivity index (χ0v) is 46.2. The molecule has 70 heavy (non-hydrogen) atoms. The summed E-state index contributed by atoms with van der Waals surface area (Å²) in [5.41, 5.74) is 2.56. The number of likely N-dealkylation sites (N-methyl/N-ethyl adjacent to an activating group) is 3. The first kappa shape index (κ1) is 66.6. The average Bonchev–Trinajstić information content (AvgIpc) is 3.39. The smallest absolute Gasteiger partial charge is 0.410 e. The zero-order chi connectivity index (χ0) is 52.4. The fourth-order valence-corrected chi connectivity index (χ4v) is 7.22. The van der Waals surface area contributed by atoms with Gasteiger partial charge in [-0.15, -0.1) is 0 Å². The Kier molecular flexibility index (Phi) is 41.2. The van der Waals surface area contributed by atoms with Crippen molar-refractivity contribution in [1.29, 1.82) is 0 Å². The Bertz CT molecular complexity index is 1550. The Hall–Kier alpha value is -3.37. The van der Waals surface area contributed by atoms with E-state index >= 15 is 0 Å². The molecule has 0 atom stereocenters. The third-order valence-corrected chi connectivity index (χ3v) is 11.6. The molecule has 0 radical (unpaired) electrons. The fourth-order valence-electron chi connectivity index (χ4n) is 6.84. The van der Waals surface area contributed by atoms with E-state index in [4.69, 9.17) is 19.7 Å². The molecule has 0 aromatic heterocycles. The molecule has 7 N–H and O–H groups in total. The summed E-state index contributed by atoms with van der Waals surface area (Å²) in [6.07, 6.45) is 1.05. The SMILES string of the molecule is C1CNCCN1.CB=O.CC(C)(C)OC(=O)N1CCNCC1.CCC.CCN1CCN(Cc2ccc(C(=O)O)cc2)CC1.CCN1CCNCC1.CCN1CCNCC1.O=C(O)c1ccc(CBr)cc1. The normalized spacial score (nSPS) is 17.4. The van der Waals surface area contributed by atoms with Gasteiger partial charge >= 0.3 is 36.7 Å². The summed E-state index contributed by atoms with van der Waals surface area (Å²) in [4.78, 5) is 44.1. The molecular weight excluding hydrogens is 955 g/mol. The van der Waals surface area contributed by atoms with E-state index in [1.165, 1.54) is 84.3 Å². The van der Waals surface area contributed by atoms with Crippen LogP contribution in [0, 0.1) is 0 Å². The van der Waals surface area contributed by atoms with Crippen molar-refractivity contribution >= 4 is 41.1 Å². The van der Waals surface area contributed by atoms with E-state index in [2.05, 4.69) is 96.7 Å². The van der Waals surface area contributed by atoms with Crippen molar-refractivity contribution in [3.63, 3.8) is 0 Å². The number of carboxylic acid groups (broad SMARTS) is 2. The predicted octanol–water partition coefficient (Wildman–Crippen LogP) is 5.13. The molecule has 17 nitrogen and oxygen atoms in total. The number of piperazine rings is 5. The Labute approximate surface area is 432 Å². The molecule has 2 aromatic carbocycles. The summed E-state index contributed by atoms with van der Waals surface area (Å²) in [7, 11) is 0.750. The van der Waals surface area contributed by atoms with Gasteiger partial charge in [0.1, 0.15) is 5.60 Å².